The van der Waals surface area contributed by atoms with Gasteiger partial charge in [-0.2, -0.15) is 0 Å². The minimum Gasteiger partial charge on any atom is -0.311 e. The fraction of sp³-hybridized carbons (Fsp3) is 0.625. The van der Waals surface area contributed by atoms with Crippen LogP contribution >= 0.6 is 0 Å². The summed E-state index contributed by atoms with van der Waals surface area (Å²) in [4.78, 5) is 5.11. The molecule has 2 aliphatic rings. The first-order chi connectivity index (χ1) is 9.34. The molecular formula is C16H25N3. The van der Waals surface area contributed by atoms with Gasteiger partial charge in [-0.3, -0.25) is 4.90 Å². The highest BCUT2D eigenvalue weighted by Gasteiger charge is 2.23. The Morgan fingerprint density at radius 1 is 1.26 bits per heavy atom. The van der Waals surface area contributed by atoms with Crippen molar-refractivity contribution in [1.82, 2.24) is 15.1 Å². The summed E-state index contributed by atoms with van der Waals surface area (Å²) >= 11 is 0. The first-order valence-electron chi connectivity index (χ1n) is 7.56. The first kappa shape index (κ1) is 13.1. The van der Waals surface area contributed by atoms with Gasteiger partial charge in [0.2, 0.25) is 0 Å². The maximum Gasteiger partial charge on any atom is 0.0473 e. The zero-order valence-corrected chi connectivity index (χ0v) is 11.9. The largest absolute Gasteiger partial charge is 0.311 e. The molecular weight excluding hydrogens is 234 g/mol. The quantitative estimate of drug-likeness (QED) is 0.890. The van der Waals surface area contributed by atoms with Gasteiger partial charge in [-0.1, -0.05) is 24.3 Å². The molecule has 3 rings (SSSR count). The van der Waals surface area contributed by atoms with Crippen molar-refractivity contribution in [2.24, 2.45) is 0 Å². The number of nitrogens with one attached hydrogen (secondary N) is 1. The molecule has 0 radical (unpaired) electrons. The first-order valence-corrected chi connectivity index (χ1v) is 7.56. The zero-order chi connectivity index (χ0) is 13.1. The molecule has 1 aromatic carbocycles. The SMILES string of the molecule is CN(CCN1CCCC1)C1CNCc2ccccc21. The highest BCUT2D eigenvalue weighted by Crippen LogP contribution is 2.26. The molecule has 1 N–H and O–H groups in total. The smallest absolute Gasteiger partial charge is 0.0473 e. The molecule has 2 aliphatic heterocycles. The van der Waals surface area contributed by atoms with Gasteiger partial charge < -0.3 is 10.2 Å². The summed E-state index contributed by atoms with van der Waals surface area (Å²) in [6, 6.07) is 9.40. The molecule has 0 bridgehead atoms. The van der Waals surface area contributed by atoms with Crippen molar-refractivity contribution in [3.63, 3.8) is 0 Å². The fourth-order valence-electron chi connectivity index (χ4n) is 3.33. The van der Waals surface area contributed by atoms with Crippen molar-refractivity contribution in [1.29, 1.82) is 0 Å². The minimum absolute atomic E-state index is 0.535. The topological polar surface area (TPSA) is 18.5 Å². The van der Waals surface area contributed by atoms with E-state index >= 15 is 0 Å². The summed E-state index contributed by atoms with van der Waals surface area (Å²) < 4.78 is 0. The van der Waals surface area contributed by atoms with Crippen molar-refractivity contribution in [3.05, 3.63) is 35.4 Å². The average molecular weight is 259 g/mol. The van der Waals surface area contributed by atoms with Crippen LogP contribution in [-0.4, -0.2) is 49.6 Å². The van der Waals surface area contributed by atoms with E-state index in [0.717, 1.165) is 13.1 Å². The lowest BCUT2D eigenvalue weighted by molar-refractivity contribution is 0.196. The molecule has 0 aliphatic carbocycles. The summed E-state index contributed by atoms with van der Waals surface area (Å²) in [5, 5.41) is 3.54. The molecule has 0 saturated carbocycles. The van der Waals surface area contributed by atoms with Gasteiger partial charge in [-0.05, 0) is 44.1 Å². The Morgan fingerprint density at radius 2 is 2.05 bits per heavy atom. The molecule has 1 saturated heterocycles. The number of nitrogens with zero attached hydrogens (tertiary/aromatic N) is 2. The van der Waals surface area contributed by atoms with Crippen LogP contribution in [0, 0.1) is 0 Å². The van der Waals surface area contributed by atoms with Crippen LogP contribution in [0.4, 0.5) is 0 Å². The number of benzene rings is 1. The lowest BCUT2D eigenvalue weighted by Gasteiger charge is -2.34. The normalized spacial score (nSPS) is 23.8. The Balaban J connectivity index is 1.62. The molecule has 104 valence electrons. The van der Waals surface area contributed by atoms with Crippen LogP contribution in [0.15, 0.2) is 24.3 Å². The second-order valence-corrected chi connectivity index (χ2v) is 5.87. The fourth-order valence-corrected chi connectivity index (χ4v) is 3.33. The van der Waals surface area contributed by atoms with Gasteiger partial charge in [0.25, 0.3) is 0 Å². The monoisotopic (exact) mass is 259 g/mol. The van der Waals surface area contributed by atoms with Gasteiger partial charge in [-0.25, -0.2) is 0 Å². The van der Waals surface area contributed by atoms with Gasteiger partial charge in [0.1, 0.15) is 0 Å². The average Bonchev–Trinajstić information content (AvgIpc) is 2.97. The number of likely N-dealkylation sites (N-methyl/N-ethyl adjacent to an activating group) is 1. The van der Waals surface area contributed by atoms with E-state index in [0.29, 0.717) is 6.04 Å². The molecule has 1 aromatic rings. The van der Waals surface area contributed by atoms with Crippen molar-refractivity contribution >= 4 is 0 Å². The number of hydrogen-bond acceptors (Lipinski definition) is 3. The lowest BCUT2D eigenvalue weighted by atomic mass is 9.96. The zero-order valence-electron chi connectivity index (χ0n) is 11.9. The van der Waals surface area contributed by atoms with Crippen LogP contribution in [-0.2, 0) is 6.54 Å². The summed E-state index contributed by atoms with van der Waals surface area (Å²) in [5.41, 5.74) is 2.98. The molecule has 3 heteroatoms. The summed E-state index contributed by atoms with van der Waals surface area (Å²) in [6.07, 6.45) is 2.77. The maximum absolute atomic E-state index is 3.54. The van der Waals surface area contributed by atoms with E-state index < -0.39 is 0 Å². The predicted octanol–water partition coefficient (Wildman–Crippen LogP) is 1.86. The Morgan fingerprint density at radius 3 is 2.89 bits per heavy atom. The molecule has 19 heavy (non-hydrogen) atoms. The third kappa shape index (κ3) is 2.99. The highest BCUT2D eigenvalue weighted by atomic mass is 15.2. The van der Waals surface area contributed by atoms with Crippen molar-refractivity contribution in [2.45, 2.75) is 25.4 Å². The van der Waals surface area contributed by atoms with Gasteiger partial charge in [0.15, 0.2) is 0 Å². The number of hydrogen-bond donors (Lipinski definition) is 1. The van der Waals surface area contributed by atoms with E-state index in [1.807, 2.05) is 0 Å². The van der Waals surface area contributed by atoms with Crippen LogP contribution in [0.2, 0.25) is 0 Å². The van der Waals surface area contributed by atoms with Crippen molar-refractivity contribution in [2.75, 3.05) is 39.8 Å². The number of rotatable bonds is 4. The van der Waals surface area contributed by atoms with Crippen LogP contribution in [0.3, 0.4) is 0 Å². The standard InChI is InChI=1S/C16H25N3/c1-18(10-11-19-8-4-5-9-19)16-13-17-12-14-6-2-3-7-15(14)16/h2-3,6-7,16-17H,4-5,8-13H2,1H3. The van der Waals surface area contributed by atoms with Crippen molar-refractivity contribution in [3.8, 4) is 0 Å². The van der Waals surface area contributed by atoms with Crippen molar-refractivity contribution < 1.29 is 0 Å². The summed E-state index contributed by atoms with van der Waals surface area (Å²) in [5.74, 6) is 0. The van der Waals surface area contributed by atoms with E-state index in [1.54, 1.807) is 0 Å². The Bertz CT molecular complexity index is 412. The molecule has 3 nitrogen and oxygen atoms in total. The Hall–Kier alpha value is -0.900. The summed E-state index contributed by atoms with van der Waals surface area (Å²) in [7, 11) is 2.27. The third-order valence-electron chi connectivity index (χ3n) is 4.57. The van der Waals surface area contributed by atoms with Gasteiger partial charge in [0, 0.05) is 32.2 Å². The second-order valence-electron chi connectivity index (χ2n) is 5.87. The van der Waals surface area contributed by atoms with Gasteiger partial charge in [-0.15, -0.1) is 0 Å². The Kier molecular flexibility index (Phi) is 4.16. The molecule has 1 atom stereocenters. The number of likely N-dealkylation sites (tertiary alicyclic amines) is 1. The molecule has 0 aromatic heterocycles. The molecule has 0 amide bonds. The highest BCUT2D eigenvalue weighted by molar-refractivity contribution is 5.32. The maximum atomic E-state index is 3.54. The van der Waals surface area contributed by atoms with Crippen LogP contribution in [0.25, 0.3) is 0 Å². The van der Waals surface area contributed by atoms with E-state index in [4.69, 9.17) is 0 Å². The van der Waals surface area contributed by atoms with E-state index in [-0.39, 0.29) is 0 Å². The second kappa shape index (κ2) is 6.04. The minimum atomic E-state index is 0.535. The van der Waals surface area contributed by atoms with E-state index in [2.05, 4.69) is 46.4 Å². The summed E-state index contributed by atoms with van der Waals surface area (Å²) in [6.45, 7) is 7.08. The van der Waals surface area contributed by atoms with Gasteiger partial charge in [0.05, 0.1) is 0 Å². The third-order valence-corrected chi connectivity index (χ3v) is 4.57. The van der Waals surface area contributed by atoms with Crippen LogP contribution < -0.4 is 5.32 Å². The molecule has 1 unspecified atom stereocenters. The lowest BCUT2D eigenvalue weighted by Crippen LogP contribution is -2.40. The van der Waals surface area contributed by atoms with E-state index in [9.17, 15) is 0 Å². The van der Waals surface area contributed by atoms with Gasteiger partial charge >= 0.3 is 0 Å². The van der Waals surface area contributed by atoms with Crippen LogP contribution in [0.5, 0.6) is 0 Å². The van der Waals surface area contributed by atoms with E-state index in [1.165, 1.54) is 50.1 Å². The number of fused-ring (bicyclic) bond motifs is 1. The molecule has 2 heterocycles. The predicted molar refractivity (Wildman–Crippen MR) is 79.2 cm³/mol. The molecule has 0 spiro atoms. The van der Waals surface area contributed by atoms with Crippen LogP contribution in [0.1, 0.15) is 30.0 Å². The molecule has 1 fully saturated rings. The Labute approximate surface area is 116 Å².